The molecule has 0 bridgehead atoms. The number of ether oxygens (including phenoxy) is 1. The van der Waals surface area contributed by atoms with Crippen LogP contribution < -0.4 is 10.1 Å². The summed E-state index contributed by atoms with van der Waals surface area (Å²) in [5, 5.41) is 2.32. The van der Waals surface area contributed by atoms with Crippen molar-refractivity contribution in [2.75, 3.05) is 12.4 Å². The lowest BCUT2D eigenvalue weighted by atomic mass is 10.1. The van der Waals surface area contributed by atoms with E-state index in [0.717, 1.165) is 12.1 Å². The Morgan fingerprint density at radius 3 is 2.27 bits per heavy atom. The van der Waals surface area contributed by atoms with Gasteiger partial charge in [0.15, 0.2) is 0 Å². The van der Waals surface area contributed by atoms with Crippen LogP contribution in [-0.4, -0.2) is 13.0 Å². The average molecular weight is 313 g/mol. The molecule has 2 aromatic carbocycles. The number of nitrogens with one attached hydrogen (secondary N) is 1. The van der Waals surface area contributed by atoms with Gasteiger partial charge in [-0.3, -0.25) is 4.79 Å². The maximum Gasteiger partial charge on any atom is 0.417 e. The first-order valence-electron chi connectivity index (χ1n) is 6.13. The molecule has 116 valence electrons. The van der Waals surface area contributed by atoms with Gasteiger partial charge in [0, 0.05) is 5.69 Å². The molecule has 1 amide bonds. The molecule has 0 aromatic heterocycles. The zero-order valence-corrected chi connectivity index (χ0v) is 11.4. The zero-order valence-electron chi connectivity index (χ0n) is 11.4. The van der Waals surface area contributed by atoms with Gasteiger partial charge in [0.05, 0.1) is 18.2 Å². The smallest absolute Gasteiger partial charge is 0.417 e. The lowest BCUT2D eigenvalue weighted by Crippen LogP contribution is -2.19. The van der Waals surface area contributed by atoms with E-state index in [0.29, 0.717) is 17.5 Å². The van der Waals surface area contributed by atoms with Gasteiger partial charge < -0.3 is 10.1 Å². The zero-order chi connectivity index (χ0) is 16.3. The fourth-order valence-electron chi connectivity index (χ4n) is 1.82. The van der Waals surface area contributed by atoms with Crippen LogP contribution in [0, 0.1) is 5.82 Å². The number of methoxy groups -OCH3 is 1. The minimum atomic E-state index is -4.82. The molecule has 7 heteroatoms. The second kappa shape index (κ2) is 6.05. The van der Waals surface area contributed by atoms with E-state index < -0.39 is 29.0 Å². The third kappa shape index (κ3) is 3.55. The standard InChI is InChI=1S/C15H11F4NO2/c1-22-11-5-3-10(4-6-11)20-14(21)12-7-2-9(16)8-13(12)15(17,18)19/h2-8H,1H3,(H,20,21). The summed E-state index contributed by atoms with van der Waals surface area (Å²) >= 11 is 0. The van der Waals surface area contributed by atoms with E-state index in [1.807, 2.05) is 0 Å². The first-order valence-corrected chi connectivity index (χ1v) is 6.13. The van der Waals surface area contributed by atoms with Crippen LogP contribution in [0.2, 0.25) is 0 Å². The summed E-state index contributed by atoms with van der Waals surface area (Å²) in [5.41, 5.74) is -1.67. The highest BCUT2D eigenvalue weighted by Gasteiger charge is 2.35. The summed E-state index contributed by atoms with van der Waals surface area (Å²) in [4.78, 5) is 12.0. The molecule has 0 aliphatic rings. The van der Waals surface area contributed by atoms with Crippen molar-refractivity contribution in [3.63, 3.8) is 0 Å². The summed E-state index contributed by atoms with van der Waals surface area (Å²) < 4.78 is 56.5. The Labute approximate surface area is 123 Å². The van der Waals surface area contributed by atoms with Gasteiger partial charge in [-0.2, -0.15) is 13.2 Å². The number of alkyl halides is 3. The molecular weight excluding hydrogens is 302 g/mol. The Morgan fingerprint density at radius 1 is 1.09 bits per heavy atom. The van der Waals surface area contributed by atoms with Crippen molar-refractivity contribution in [1.29, 1.82) is 0 Å². The highest BCUT2D eigenvalue weighted by Crippen LogP contribution is 2.33. The van der Waals surface area contributed by atoms with Gasteiger partial charge in [-0.15, -0.1) is 0 Å². The second-order valence-corrected chi connectivity index (χ2v) is 4.37. The normalized spacial score (nSPS) is 11.1. The fourth-order valence-corrected chi connectivity index (χ4v) is 1.82. The lowest BCUT2D eigenvalue weighted by Gasteiger charge is -2.13. The van der Waals surface area contributed by atoms with Crippen molar-refractivity contribution in [2.24, 2.45) is 0 Å². The van der Waals surface area contributed by atoms with Crippen LogP contribution in [0.25, 0.3) is 0 Å². The van der Waals surface area contributed by atoms with Crippen molar-refractivity contribution in [3.05, 3.63) is 59.4 Å². The molecule has 0 saturated heterocycles. The topological polar surface area (TPSA) is 38.3 Å². The van der Waals surface area contributed by atoms with E-state index in [4.69, 9.17) is 4.74 Å². The minimum Gasteiger partial charge on any atom is -0.497 e. The average Bonchev–Trinajstić information content (AvgIpc) is 2.47. The molecule has 3 nitrogen and oxygen atoms in total. The molecule has 0 radical (unpaired) electrons. The van der Waals surface area contributed by atoms with Crippen LogP contribution in [0.4, 0.5) is 23.2 Å². The van der Waals surface area contributed by atoms with Gasteiger partial charge in [-0.1, -0.05) is 0 Å². The van der Waals surface area contributed by atoms with Gasteiger partial charge >= 0.3 is 6.18 Å². The van der Waals surface area contributed by atoms with Gasteiger partial charge in [-0.05, 0) is 42.5 Å². The maximum atomic E-state index is 13.0. The molecule has 0 atom stereocenters. The number of anilines is 1. The highest BCUT2D eigenvalue weighted by atomic mass is 19.4. The summed E-state index contributed by atoms with van der Waals surface area (Å²) in [7, 11) is 1.46. The first-order chi connectivity index (χ1) is 10.3. The van der Waals surface area contributed by atoms with Crippen LogP contribution in [0.1, 0.15) is 15.9 Å². The van der Waals surface area contributed by atoms with Crippen molar-refractivity contribution >= 4 is 11.6 Å². The predicted molar refractivity (Wildman–Crippen MR) is 72.3 cm³/mol. The van der Waals surface area contributed by atoms with E-state index >= 15 is 0 Å². The Bertz CT molecular complexity index is 681. The van der Waals surface area contributed by atoms with Gasteiger partial charge in [0.25, 0.3) is 5.91 Å². The van der Waals surface area contributed by atoms with E-state index in [2.05, 4.69) is 5.32 Å². The summed E-state index contributed by atoms with van der Waals surface area (Å²) in [6, 6.07) is 7.95. The molecular formula is C15H11F4NO2. The van der Waals surface area contributed by atoms with Gasteiger partial charge in [0.1, 0.15) is 11.6 Å². The Hall–Kier alpha value is -2.57. The number of rotatable bonds is 3. The number of carbonyl (C=O) groups excluding carboxylic acids is 1. The number of halogens is 4. The number of hydrogen-bond acceptors (Lipinski definition) is 2. The molecule has 22 heavy (non-hydrogen) atoms. The van der Waals surface area contributed by atoms with Crippen LogP contribution in [-0.2, 0) is 6.18 Å². The fraction of sp³-hybridized carbons (Fsp3) is 0.133. The minimum absolute atomic E-state index is 0.295. The van der Waals surface area contributed by atoms with E-state index in [1.165, 1.54) is 19.2 Å². The molecule has 0 aliphatic carbocycles. The van der Waals surface area contributed by atoms with E-state index in [-0.39, 0.29) is 0 Å². The van der Waals surface area contributed by atoms with Crippen LogP contribution >= 0.6 is 0 Å². The Morgan fingerprint density at radius 2 is 1.73 bits per heavy atom. The quantitative estimate of drug-likeness (QED) is 0.866. The summed E-state index contributed by atoms with van der Waals surface area (Å²) in [6.45, 7) is 0. The number of amides is 1. The van der Waals surface area contributed by atoms with Crippen molar-refractivity contribution in [2.45, 2.75) is 6.18 Å². The molecule has 1 N–H and O–H groups in total. The van der Waals surface area contributed by atoms with Crippen LogP contribution in [0.3, 0.4) is 0 Å². The summed E-state index contributed by atoms with van der Waals surface area (Å²) in [6.07, 6.45) is -4.82. The second-order valence-electron chi connectivity index (χ2n) is 4.37. The SMILES string of the molecule is COc1ccc(NC(=O)c2ccc(F)cc2C(F)(F)F)cc1. The molecule has 0 unspecified atom stereocenters. The first kappa shape index (κ1) is 15.8. The van der Waals surface area contributed by atoms with E-state index in [9.17, 15) is 22.4 Å². The molecule has 0 spiro atoms. The van der Waals surface area contributed by atoms with Crippen LogP contribution in [0.5, 0.6) is 5.75 Å². The third-order valence-corrected chi connectivity index (χ3v) is 2.88. The molecule has 2 rings (SSSR count). The molecule has 0 saturated carbocycles. The largest absolute Gasteiger partial charge is 0.497 e. The van der Waals surface area contributed by atoms with E-state index in [1.54, 1.807) is 12.1 Å². The molecule has 2 aromatic rings. The number of carbonyl (C=O) groups is 1. The van der Waals surface area contributed by atoms with Crippen molar-refractivity contribution in [3.8, 4) is 5.75 Å². The number of hydrogen-bond donors (Lipinski definition) is 1. The maximum absolute atomic E-state index is 13.0. The monoisotopic (exact) mass is 313 g/mol. The Kier molecular flexibility index (Phi) is 4.35. The molecule has 0 aliphatic heterocycles. The van der Waals surface area contributed by atoms with Gasteiger partial charge in [-0.25, -0.2) is 4.39 Å². The Balaban J connectivity index is 2.29. The lowest BCUT2D eigenvalue weighted by molar-refractivity contribution is -0.138. The van der Waals surface area contributed by atoms with Crippen molar-refractivity contribution < 1.29 is 27.1 Å². The third-order valence-electron chi connectivity index (χ3n) is 2.88. The van der Waals surface area contributed by atoms with Crippen LogP contribution in [0.15, 0.2) is 42.5 Å². The summed E-state index contributed by atoms with van der Waals surface area (Å²) in [5.74, 6) is -1.50. The highest BCUT2D eigenvalue weighted by molar-refractivity contribution is 6.05. The number of benzene rings is 2. The molecule has 0 fully saturated rings. The molecule has 0 heterocycles. The predicted octanol–water partition coefficient (Wildman–Crippen LogP) is 4.11. The van der Waals surface area contributed by atoms with Gasteiger partial charge in [0.2, 0.25) is 0 Å². The van der Waals surface area contributed by atoms with Crippen molar-refractivity contribution in [1.82, 2.24) is 0 Å².